The average Bonchev–Trinajstić information content (AvgIpc) is 3.30. The lowest BCUT2D eigenvalue weighted by Crippen LogP contribution is -2.24. The number of hydrogen-bond acceptors (Lipinski definition) is 3. The molecule has 0 saturated heterocycles. The third kappa shape index (κ3) is 3.12. The molecule has 0 aliphatic heterocycles. The summed E-state index contributed by atoms with van der Waals surface area (Å²) < 4.78 is 1.95. The number of carbonyl (C=O) groups excluding carboxylic acids is 1. The summed E-state index contributed by atoms with van der Waals surface area (Å²) in [6.07, 6.45) is 3.00. The van der Waals surface area contributed by atoms with Crippen molar-refractivity contribution in [1.29, 1.82) is 0 Å². The summed E-state index contributed by atoms with van der Waals surface area (Å²) in [5.74, 6) is -0.0740. The van der Waals surface area contributed by atoms with Crippen LogP contribution in [0.1, 0.15) is 43.5 Å². The number of aryl methyl sites for hydroxylation is 2. The first kappa shape index (κ1) is 16.1. The molecular formula is C20H21N3OS. The molecule has 0 radical (unpaired) electrons. The first-order valence-electron chi connectivity index (χ1n) is 8.63. The number of nitrogens with one attached hydrogen (secondary N) is 1. The summed E-state index contributed by atoms with van der Waals surface area (Å²) in [6, 6.07) is 12.4. The molecule has 0 spiro atoms. The second kappa shape index (κ2) is 6.48. The van der Waals surface area contributed by atoms with Gasteiger partial charge in [0, 0.05) is 21.0 Å². The quantitative estimate of drug-likeness (QED) is 0.773. The molecule has 1 amide bonds. The fourth-order valence-electron chi connectivity index (χ4n) is 3.35. The SMILES string of the molecule is Cc1ccc(-n2nc(C(=O)NCc3ccc(C)s3)c3c2CCC3)cc1. The number of hydrogen-bond donors (Lipinski definition) is 1. The zero-order valence-electron chi connectivity index (χ0n) is 14.5. The zero-order valence-corrected chi connectivity index (χ0v) is 15.3. The highest BCUT2D eigenvalue weighted by atomic mass is 32.1. The van der Waals surface area contributed by atoms with Crippen molar-refractivity contribution in [3.8, 4) is 5.69 Å². The monoisotopic (exact) mass is 351 g/mol. The molecule has 1 aliphatic rings. The maximum atomic E-state index is 12.7. The molecule has 0 bridgehead atoms. The summed E-state index contributed by atoms with van der Waals surface area (Å²) in [7, 11) is 0. The average molecular weight is 351 g/mol. The highest BCUT2D eigenvalue weighted by Gasteiger charge is 2.26. The van der Waals surface area contributed by atoms with Crippen LogP contribution in [-0.2, 0) is 19.4 Å². The zero-order chi connectivity index (χ0) is 17.4. The number of thiophene rings is 1. The van der Waals surface area contributed by atoms with E-state index >= 15 is 0 Å². The van der Waals surface area contributed by atoms with Crippen LogP contribution in [0.25, 0.3) is 5.69 Å². The van der Waals surface area contributed by atoms with Gasteiger partial charge in [-0.3, -0.25) is 4.79 Å². The molecule has 2 aromatic heterocycles. The minimum atomic E-state index is -0.0740. The van der Waals surface area contributed by atoms with Gasteiger partial charge in [-0.1, -0.05) is 17.7 Å². The van der Waals surface area contributed by atoms with Crippen molar-refractivity contribution in [2.45, 2.75) is 39.7 Å². The van der Waals surface area contributed by atoms with E-state index in [1.807, 2.05) is 4.68 Å². The number of amides is 1. The first-order valence-corrected chi connectivity index (χ1v) is 9.45. The topological polar surface area (TPSA) is 46.9 Å². The Labute approximate surface area is 151 Å². The number of fused-ring (bicyclic) bond motifs is 1. The Morgan fingerprint density at radius 1 is 1.16 bits per heavy atom. The first-order chi connectivity index (χ1) is 12.1. The molecule has 2 heterocycles. The van der Waals surface area contributed by atoms with E-state index in [1.165, 1.54) is 21.0 Å². The minimum absolute atomic E-state index is 0.0740. The number of benzene rings is 1. The van der Waals surface area contributed by atoms with Gasteiger partial charge in [-0.25, -0.2) is 4.68 Å². The van der Waals surface area contributed by atoms with E-state index < -0.39 is 0 Å². The predicted molar refractivity (Wildman–Crippen MR) is 101 cm³/mol. The van der Waals surface area contributed by atoms with E-state index in [0.717, 1.165) is 30.5 Å². The smallest absolute Gasteiger partial charge is 0.272 e. The van der Waals surface area contributed by atoms with Crippen molar-refractivity contribution in [2.24, 2.45) is 0 Å². The molecule has 0 unspecified atom stereocenters. The van der Waals surface area contributed by atoms with Crippen molar-refractivity contribution >= 4 is 17.2 Å². The van der Waals surface area contributed by atoms with Crippen LogP contribution in [0.2, 0.25) is 0 Å². The van der Waals surface area contributed by atoms with E-state index in [4.69, 9.17) is 0 Å². The molecule has 4 rings (SSSR count). The van der Waals surface area contributed by atoms with Gasteiger partial charge >= 0.3 is 0 Å². The lowest BCUT2D eigenvalue weighted by atomic mass is 10.2. The minimum Gasteiger partial charge on any atom is -0.346 e. The molecule has 128 valence electrons. The van der Waals surface area contributed by atoms with Gasteiger partial charge < -0.3 is 5.32 Å². The molecule has 1 aromatic carbocycles. The van der Waals surface area contributed by atoms with Gasteiger partial charge in [0.2, 0.25) is 0 Å². The number of aromatic nitrogens is 2. The van der Waals surface area contributed by atoms with Gasteiger partial charge in [-0.05, 0) is 57.4 Å². The summed E-state index contributed by atoms with van der Waals surface area (Å²) in [4.78, 5) is 15.1. The Kier molecular flexibility index (Phi) is 4.17. The number of nitrogens with zero attached hydrogens (tertiary/aromatic N) is 2. The predicted octanol–water partition coefficient (Wildman–Crippen LogP) is 3.97. The summed E-state index contributed by atoms with van der Waals surface area (Å²) >= 11 is 1.71. The Morgan fingerprint density at radius 2 is 1.96 bits per heavy atom. The van der Waals surface area contributed by atoms with Gasteiger partial charge in [-0.2, -0.15) is 5.10 Å². The Bertz CT molecular complexity index is 921. The van der Waals surface area contributed by atoms with Crippen molar-refractivity contribution in [3.05, 3.63) is 68.7 Å². The summed E-state index contributed by atoms with van der Waals surface area (Å²) in [5.41, 5.74) is 5.12. The second-order valence-corrected chi connectivity index (χ2v) is 7.94. The van der Waals surface area contributed by atoms with Crippen molar-refractivity contribution in [3.63, 3.8) is 0 Å². The van der Waals surface area contributed by atoms with E-state index in [1.54, 1.807) is 11.3 Å². The second-order valence-electron chi connectivity index (χ2n) is 6.57. The highest BCUT2D eigenvalue weighted by Crippen LogP contribution is 2.28. The summed E-state index contributed by atoms with van der Waals surface area (Å²) in [6.45, 7) is 4.71. The van der Waals surface area contributed by atoms with Crippen LogP contribution in [0.5, 0.6) is 0 Å². The Hall–Kier alpha value is -2.40. The van der Waals surface area contributed by atoms with Crippen LogP contribution in [0.3, 0.4) is 0 Å². The number of rotatable bonds is 4. The van der Waals surface area contributed by atoms with E-state index in [9.17, 15) is 4.79 Å². The maximum absolute atomic E-state index is 12.7. The summed E-state index contributed by atoms with van der Waals surface area (Å²) in [5, 5.41) is 7.69. The van der Waals surface area contributed by atoms with Crippen LogP contribution < -0.4 is 5.32 Å². The fraction of sp³-hybridized carbons (Fsp3) is 0.300. The molecule has 0 saturated carbocycles. The maximum Gasteiger partial charge on any atom is 0.272 e. The van der Waals surface area contributed by atoms with Gasteiger partial charge in [-0.15, -0.1) is 11.3 Å². The molecule has 25 heavy (non-hydrogen) atoms. The molecule has 4 nitrogen and oxygen atoms in total. The van der Waals surface area contributed by atoms with Crippen molar-refractivity contribution < 1.29 is 4.79 Å². The van der Waals surface area contributed by atoms with Crippen LogP contribution in [0.15, 0.2) is 36.4 Å². The lowest BCUT2D eigenvalue weighted by Gasteiger charge is -2.06. The highest BCUT2D eigenvalue weighted by molar-refractivity contribution is 7.11. The van der Waals surface area contributed by atoms with Crippen molar-refractivity contribution in [1.82, 2.24) is 15.1 Å². The van der Waals surface area contributed by atoms with Crippen LogP contribution in [-0.4, -0.2) is 15.7 Å². The van der Waals surface area contributed by atoms with Crippen LogP contribution in [0.4, 0.5) is 0 Å². The van der Waals surface area contributed by atoms with Gasteiger partial charge in [0.15, 0.2) is 5.69 Å². The molecule has 5 heteroatoms. The molecule has 1 N–H and O–H groups in total. The largest absolute Gasteiger partial charge is 0.346 e. The van der Waals surface area contributed by atoms with E-state index in [-0.39, 0.29) is 5.91 Å². The fourth-order valence-corrected chi connectivity index (χ4v) is 4.18. The standard InChI is InChI=1S/C20H21N3OS/c1-13-6-9-15(10-7-13)23-18-5-3-4-17(18)19(22-23)20(24)21-12-16-11-8-14(2)25-16/h6-11H,3-5,12H2,1-2H3,(H,21,24). The van der Waals surface area contributed by atoms with Crippen LogP contribution >= 0.6 is 11.3 Å². The van der Waals surface area contributed by atoms with E-state index in [2.05, 4.69) is 60.7 Å². The Balaban J connectivity index is 1.60. The lowest BCUT2D eigenvalue weighted by molar-refractivity contribution is 0.0945. The van der Waals surface area contributed by atoms with Crippen molar-refractivity contribution in [2.75, 3.05) is 0 Å². The third-order valence-electron chi connectivity index (χ3n) is 4.64. The number of carbonyl (C=O) groups is 1. The third-order valence-corrected chi connectivity index (χ3v) is 5.64. The van der Waals surface area contributed by atoms with Gasteiger partial charge in [0.25, 0.3) is 5.91 Å². The van der Waals surface area contributed by atoms with Crippen LogP contribution in [0, 0.1) is 13.8 Å². The molecule has 0 atom stereocenters. The molecule has 3 aromatic rings. The molecule has 0 fully saturated rings. The normalized spacial score (nSPS) is 13.0. The van der Waals surface area contributed by atoms with E-state index in [0.29, 0.717) is 12.2 Å². The van der Waals surface area contributed by atoms with Gasteiger partial charge in [0.05, 0.1) is 12.2 Å². The Morgan fingerprint density at radius 3 is 2.68 bits per heavy atom. The molecule has 1 aliphatic carbocycles. The van der Waals surface area contributed by atoms with Gasteiger partial charge in [0.1, 0.15) is 0 Å². The molecular weight excluding hydrogens is 330 g/mol.